The number of hydrogen-bond donors (Lipinski definition) is 0. The number of nitrogens with zero attached hydrogens (tertiary/aromatic N) is 4. The Bertz CT molecular complexity index is 3610. The lowest BCUT2D eigenvalue weighted by Gasteiger charge is -2.13. The van der Waals surface area contributed by atoms with Crippen LogP contribution in [-0.2, 0) is 0 Å². The summed E-state index contributed by atoms with van der Waals surface area (Å²) in [5.74, 6) is 1.87. The highest BCUT2D eigenvalue weighted by atomic mass is 15.0. The maximum absolute atomic E-state index is 5.31. The molecule has 0 N–H and O–H groups in total. The Morgan fingerprint density at radius 3 is 1.11 bits per heavy atom. The first-order valence-corrected chi connectivity index (χ1v) is 22.3. The van der Waals surface area contributed by atoms with Crippen molar-refractivity contribution < 1.29 is 0 Å². The molecular formula is C62H40N4. The number of rotatable bonds is 8. The van der Waals surface area contributed by atoms with Gasteiger partial charge in [0, 0.05) is 33.0 Å². The SMILES string of the molecule is c1ccc(-c2ccc(-c3nc(-c4ccc(-c5ccccc5)cc4)nc(-c4cccc(-c5ccc(-c6cccc(-c7nc8cc9ccccc9cc8c8ccccc78)c6)cc5)c4)n3)cc2)cc1. The van der Waals surface area contributed by atoms with Crippen LogP contribution in [0.25, 0.3) is 122 Å². The zero-order valence-corrected chi connectivity index (χ0v) is 35.9. The fourth-order valence-electron chi connectivity index (χ4n) is 9.05. The van der Waals surface area contributed by atoms with Gasteiger partial charge in [0.25, 0.3) is 0 Å². The third kappa shape index (κ3) is 7.47. The van der Waals surface area contributed by atoms with E-state index in [1.807, 2.05) is 12.1 Å². The van der Waals surface area contributed by atoms with E-state index in [9.17, 15) is 0 Å². The second kappa shape index (κ2) is 16.7. The van der Waals surface area contributed by atoms with E-state index in [-0.39, 0.29) is 0 Å². The molecule has 308 valence electrons. The average molecular weight is 841 g/mol. The smallest absolute Gasteiger partial charge is 0.164 e. The highest BCUT2D eigenvalue weighted by Crippen LogP contribution is 2.37. The molecule has 0 saturated carbocycles. The van der Waals surface area contributed by atoms with Crippen LogP contribution in [0.3, 0.4) is 0 Å². The van der Waals surface area contributed by atoms with Gasteiger partial charge in [-0.3, -0.25) is 0 Å². The van der Waals surface area contributed by atoms with Crippen LogP contribution in [0.5, 0.6) is 0 Å². The molecule has 10 aromatic carbocycles. The predicted octanol–water partition coefficient (Wildman–Crippen LogP) is 16.1. The van der Waals surface area contributed by atoms with E-state index < -0.39 is 0 Å². The van der Waals surface area contributed by atoms with Gasteiger partial charge in [-0.25, -0.2) is 19.9 Å². The summed E-state index contributed by atoms with van der Waals surface area (Å²) in [5.41, 5.74) is 14.9. The standard InChI is InChI=1S/C62H40N4/c1-3-13-41(14-4-1)43-29-33-47(34-30-43)60-64-61(48-35-31-44(32-36-48)42-15-5-2-6-16-42)66-62(65-60)54-22-12-20-50(38-54)46-27-25-45(26-28-46)49-19-11-21-53(37-49)59-56-24-10-9-23-55(56)57-39-51-17-7-8-18-52(51)40-58(57)63-59/h1-40H. The highest BCUT2D eigenvalue weighted by molar-refractivity contribution is 6.14. The minimum atomic E-state index is 0.618. The molecule has 0 atom stereocenters. The van der Waals surface area contributed by atoms with Crippen LogP contribution in [-0.4, -0.2) is 19.9 Å². The van der Waals surface area contributed by atoms with Gasteiger partial charge in [-0.15, -0.1) is 0 Å². The lowest BCUT2D eigenvalue weighted by molar-refractivity contribution is 1.07. The molecule has 0 aliphatic carbocycles. The van der Waals surface area contributed by atoms with Crippen molar-refractivity contribution in [1.82, 2.24) is 19.9 Å². The molecule has 0 fully saturated rings. The largest absolute Gasteiger partial charge is 0.247 e. The van der Waals surface area contributed by atoms with E-state index in [1.54, 1.807) is 0 Å². The topological polar surface area (TPSA) is 51.6 Å². The lowest BCUT2D eigenvalue weighted by atomic mass is 9.95. The lowest BCUT2D eigenvalue weighted by Crippen LogP contribution is -2.00. The van der Waals surface area contributed by atoms with E-state index in [4.69, 9.17) is 19.9 Å². The Hall–Kier alpha value is -8.86. The summed E-state index contributed by atoms with van der Waals surface area (Å²) in [7, 11) is 0. The molecule has 0 spiro atoms. The van der Waals surface area contributed by atoms with Gasteiger partial charge in [-0.2, -0.15) is 0 Å². The fraction of sp³-hybridized carbons (Fsp3) is 0. The maximum atomic E-state index is 5.31. The summed E-state index contributed by atoms with van der Waals surface area (Å²) in [6.45, 7) is 0. The van der Waals surface area contributed by atoms with Crippen molar-refractivity contribution in [2.45, 2.75) is 0 Å². The predicted molar refractivity (Wildman–Crippen MR) is 274 cm³/mol. The number of fused-ring (bicyclic) bond motifs is 4. The molecule has 0 amide bonds. The summed E-state index contributed by atoms with van der Waals surface area (Å²) in [5, 5.41) is 5.93. The summed E-state index contributed by atoms with van der Waals surface area (Å²) < 4.78 is 0. The summed E-state index contributed by atoms with van der Waals surface area (Å²) >= 11 is 0. The van der Waals surface area contributed by atoms with Crippen LogP contribution in [0.4, 0.5) is 0 Å². The van der Waals surface area contributed by atoms with Crippen molar-refractivity contribution in [2.24, 2.45) is 0 Å². The van der Waals surface area contributed by atoms with Gasteiger partial charge >= 0.3 is 0 Å². The quantitative estimate of drug-likeness (QED) is 0.113. The Morgan fingerprint density at radius 2 is 0.561 bits per heavy atom. The van der Waals surface area contributed by atoms with Gasteiger partial charge in [0.15, 0.2) is 17.5 Å². The minimum absolute atomic E-state index is 0.618. The molecule has 2 heterocycles. The number of benzene rings is 10. The van der Waals surface area contributed by atoms with E-state index in [1.165, 1.54) is 32.7 Å². The van der Waals surface area contributed by atoms with E-state index in [0.717, 1.165) is 72.2 Å². The molecular weight excluding hydrogens is 801 g/mol. The number of pyridine rings is 1. The Kier molecular flexibility index (Phi) is 9.81. The number of hydrogen-bond acceptors (Lipinski definition) is 4. The van der Waals surface area contributed by atoms with Crippen molar-refractivity contribution in [3.8, 4) is 89.9 Å². The van der Waals surface area contributed by atoms with Crippen LogP contribution >= 0.6 is 0 Å². The van der Waals surface area contributed by atoms with E-state index >= 15 is 0 Å². The highest BCUT2D eigenvalue weighted by Gasteiger charge is 2.16. The third-order valence-electron chi connectivity index (χ3n) is 12.5. The summed E-state index contributed by atoms with van der Waals surface area (Å²) in [4.78, 5) is 20.6. The molecule has 12 aromatic rings. The molecule has 0 aliphatic rings. The molecule has 4 nitrogen and oxygen atoms in total. The second-order valence-corrected chi connectivity index (χ2v) is 16.7. The van der Waals surface area contributed by atoms with Crippen LogP contribution < -0.4 is 0 Å². The zero-order chi connectivity index (χ0) is 43.8. The summed E-state index contributed by atoms with van der Waals surface area (Å²) in [6, 6.07) is 85.4. The van der Waals surface area contributed by atoms with Gasteiger partial charge in [0.1, 0.15) is 0 Å². The first-order valence-electron chi connectivity index (χ1n) is 22.3. The van der Waals surface area contributed by atoms with Gasteiger partial charge in [-0.1, -0.05) is 218 Å². The van der Waals surface area contributed by atoms with Crippen LogP contribution in [0, 0.1) is 0 Å². The molecule has 0 unspecified atom stereocenters. The van der Waals surface area contributed by atoms with Crippen LogP contribution in [0.1, 0.15) is 0 Å². The van der Waals surface area contributed by atoms with Crippen molar-refractivity contribution in [1.29, 1.82) is 0 Å². The first-order chi connectivity index (χ1) is 32.7. The number of aromatic nitrogens is 4. The van der Waals surface area contributed by atoms with Crippen molar-refractivity contribution in [3.05, 3.63) is 243 Å². The van der Waals surface area contributed by atoms with E-state index in [2.05, 4.69) is 231 Å². The second-order valence-electron chi connectivity index (χ2n) is 16.7. The van der Waals surface area contributed by atoms with Gasteiger partial charge in [0.05, 0.1) is 11.2 Å². The van der Waals surface area contributed by atoms with Crippen LogP contribution in [0.15, 0.2) is 243 Å². The molecule has 0 radical (unpaired) electrons. The van der Waals surface area contributed by atoms with Gasteiger partial charge in [0.2, 0.25) is 0 Å². The Labute approximate surface area is 383 Å². The van der Waals surface area contributed by atoms with E-state index in [0.29, 0.717) is 17.5 Å². The monoisotopic (exact) mass is 840 g/mol. The Balaban J connectivity index is 0.877. The van der Waals surface area contributed by atoms with Crippen molar-refractivity contribution in [2.75, 3.05) is 0 Å². The minimum Gasteiger partial charge on any atom is -0.247 e. The molecule has 12 rings (SSSR count). The Morgan fingerprint density at radius 1 is 0.197 bits per heavy atom. The average Bonchev–Trinajstić information content (AvgIpc) is 3.40. The van der Waals surface area contributed by atoms with Crippen molar-refractivity contribution in [3.63, 3.8) is 0 Å². The van der Waals surface area contributed by atoms with Gasteiger partial charge in [-0.05, 0) is 84.9 Å². The third-order valence-corrected chi connectivity index (χ3v) is 12.5. The molecule has 4 heteroatoms. The van der Waals surface area contributed by atoms with Crippen LogP contribution in [0.2, 0.25) is 0 Å². The zero-order valence-electron chi connectivity index (χ0n) is 35.9. The van der Waals surface area contributed by atoms with Crippen molar-refractivity contribution >= 4 is 32.4 Å². The molecule has 0 saturated heterocycles. The molecule has 66 heavy (non-hydrogen) atoms. The first kappa shape index (κ1) is 38.8. The fourth-order valence-corrected chi connectivity index (χ4v) is 9.05. The molecule has 0 bridgehead atoms. The normalized spacial score (nSPS) is 11.3. The van der Waals surface area contributed by atoms with Gasteiger partial charge < -0.3 is 0 Å². The summed E-state index contributed by atoms with van der Waals surface area (Å²) in [6.07, 6.45) is 0. The molecule has 0 aliphatic heterocycles. The maximum Gasteiger partial charge on any atom is 0.164 e. The molecule has 2 aromatic heterocycles.